The summed E-state index contributed by atoms with van der Waals surface area (Å²) >= 11 is 0. The summed E-state index contributed by atoms with van der Waals surface area (Å²) in [6.07, 6.45) is 3.50. The molecule has 0 aliphatic carbocycles. The standard InChI is InChI=1S/C25H40N8O2/c1-18-15-22(30-29-18)27-21-17-23(32-13-11-31(5)12-14-32)28-20(26-21)16-19-7-6-9-33(10-8-19)24(34)35-25(2,3)4/h15,17,19H,6-14,16H2,1-5H3,(H2,26,27,28,29,30)/t19-/m0/s1. The molecular formula is C25H40N8O2. The average molecular weight is 485 g/mol. The van der Waals surface area contributed by atoms with Gasteiger partial charge >= 0.3 is 6.09 Å². The van der Waals surface area contributed by atoms with Gasteiger partial charge < -0.3 is 24.8 Å². The number of carbonyl (C=O) groups excluding carboxylic acids is 1. The number of H-pyrrole nitrogens is 1. The van der Waals surface area contributed by atoms with Gasteiger partial charge in [-0.2, -0.15) is 5.10 Å². The first-order chi connectivity index (χ1) is 16.6. The van der Waals surface area contributed by atoms with Crippen molar-refractivity contribution in [3.05, 3.63) is 23.7 Å². The molecule has 0 aromatic carbocycles. The summed E-state index contributed by atoms with van der Waals surface area (Å²) in [4.78, 5) is 28.9. The minimum atomic E-state index is -0.476. The first-order valence-corrected chi connectivity index (χ1v) is 12.7. The van der Waals surface area contributed by atoms with Gasteiger partial charge in [0.05, 0.1) is 0 Å². The van der Waals surface area contributed by atoms with Crippen molar-refractivity contribution >= 4 is 23.5 Å². The van der Waals surface area contributed by atoms with Gasteiger partial charge in [-0.15, -0.1) is 0 Å². The topological polar surface area (TPSA) is 103 Å². The number of aromatic nitrogens is 4. The van der Waals surface area contributed by atoms with Gasteiger partial charge in [0.2, 0.25) is 0 Å². The van der Waals surface area contributed by atoms with E-state index in [4.69, 9.17) is 14.7 Å². The van der Waals surface area contributed by atoms with Crippen LogP contribution in [0.4, 0.5) is 22.2 Å². The van der Waals surface area contributed by atoms with Crippen LogP contribution in [0.3, 0.4) is 0 Å². The van der Waals surface area contributed by atoms with Gasteiger partial charge in [0.25, 0.3) is 0 Å². The number of hydrogen-bond acceptors (Lipinski definition) is 8. The van der Waals surface area contributed by atoms with Crippen LogP contribution in [-0.4, -0.2) is 88.0 Å². The Morgan fingerprint density at radius 2 is 1.86 bits per heavy atom. The average Bonchev–Trinajstić information content (AvgIpc) is 3.04. The number of nitrogens with zero attached hydrogens (tertiary/aromatic N) is 6. The van der Waals surface area contributed by atoms with Crippen molar-refractivity contribution in [2.24, 2.45) is 5.92 Å². The monoisotopic (exact) mass is 484 g/mol. The van der Waals surface area contributed by atoms with Crippen LogP contribution in [0.25, 0.3) is 0 Å². The summed E-state index contributed by atoms with van der Waals surface area (Å²) in [5.41, 5.74) is 0.519. The van der Waals surface area contributed by atoms with Crippen LogP contribution >= 0.6 is 0 Å². The van der Waals surface area contributed by atoms with Crippen LogP contribution in [0.15, 0.2) is 12.1 Å². The molecule has 35 heavy (non-hydrogen) atoms. The van der Waals surface area contributed by atoms with Crippen LogP contribution in [0.2, 0.25) is 0 Å². The number of carbonyl (C=O) groups is 1. The van der Waals surface area contributed by atoms with E-state index in [-0.39, 0.29) is 6.09 Å². The second-order valence-corrected chi connectivity index (χ2v) is 10.8. The number of likely N-dealkylation sites (tertiary alicyclic amines) is 1. The fourth-order valence-corrected chi connectivity index (χ4v) is 4.59. The molecule has 2 N–H and O–H groups in total. The van der Waals surface area contributed by atoms with Crippen LogP contribution in [0, 0.1) is 12.8 Å². The Labute approximate surface area is 208 Å². The van der Waals surface area contributed by atoms with E-state index >= 15 is 0 Å². The maximum absolute atomic E-state index is 12.5. The van der Waals surface area contributed by atoms with Crippen molar-refractivity contribution < 1.29 is 9.53 Å². The van der Waals surface area contributed by atoms with Crippen molar-refractivity contribution in [3.8, 4) is 0 Å². The summed E-state index contributed by atoms with van der Waals surface area (Å²) in [7, 11) is 2.16. The van der Waals surface area contributed by atoms with Gasteiger partial charge in [0, 0.05) is 63.5 Å². The second kappa shape index (κ2) is 10.8. The van der Waals surface area contributed by atoms with E-state index in [1.807, 2.05) is 44.7 Å². The van der Waals surface area contributed by atoms with E-state index in [2.05, 4.69) is 32.4 Å². The first kappa shape index (κ1) is 25.2. The Hall–Kier alpha value is -2.88. The highest BCUT2D eigenvalue weighted by Gasteiger charge is 2.26. The summed E-state index contributed by atoms with van der Waals surface area (Å²) in [6, 6.07) is 3.99. The molecule has 2 aliphatic rings. The Morgan fingerprint density at radius 3 is 2.54 bits per heavy atom. The lowest BCUT2D eigenvalue weighted by Crippen LogP contribution is -2.45. The molecule has 2 aromatic rings. The minimum Gasteiger partial charge on any atom is -0.444 e. The largest absolute Gasteiger partial charge is 0.444 e. The number of nitrogens with one attached hydrogen (secondary N) is 2. The Bertz CT molecular complexity index is 994. The zero-order chi connectivity index (χ0) is 25.0. The van der Waals surface area contributed by atoms with Crippen molar-refractivity contribution in [2.45, 2.75) is 59.0 Å². The van der Waals surface area contributed by atoms with Gasteiger partial charge in [0.15, 0.2) is 5.82 Å². The van der Waals surface area contributed by atoms with E-state index in [0.29, 0.717) is 12.5 Å². The van der Waals surface area contributed by atoms with E-state index < -0.39 is 5.60 Å². The molecule has 0 unspecified atom stereocenters. The van der Waals surface area contributed by atoms with Crippen LogP contribution in [-0.2, 0) is 11.2 Å². The molecule has 1 amide bonds. The third-order valence-corrected chi connectivity index (χ3v) is 6.52. The fraction of sp³-hybridized carbons (Fsp3) is 0.680. The molecule has 0 saturated carbocycles. The molecule has 2 saturated heterocycles. The van der Waals surface area contributed by atoms with Crippen molar-refractivity contribution in [2.75, 3.05) is 56.5 Å². The predicted octanol–water partition coefficient (Wildman–Crippen LogP) is 3.58. The third-order valence-electron chi connectivity index (χ3n) is 6.52. The first-order valence-electron chi connectivity index (χ1n) is 12.7. The highest BCUT2D eigenvalue weighted by Crippen LogP contribution is 2.25. The SMILES string of the molecule is Cc1cc(Nc2cc(N3CCN(C)CC3)nc(C[C@H]3CCCN(C(=O)OC(C)(C)C)CC3)n2)n[nH]1. The molecule has 1 atom stereocenters. The lowest BCUT2D eigenvalue weighted by atomic mass is 9.96. The molecule has 0 bridgehead atoms. The van der Waals surface area contributed by atoms with Gasteiger partial charge in [-0.25, -0.2) is 14.8 Å². The summed E-state index contributed by atoms with van der Waals surface area (Å²) in [6.45, 7) is 13.1. The number of aromatic amines is 1. The molecule has 2 aliphatic heterocycles. The summed E-state index contributed by atoms with van der Waals surface area (Å²) in [5, 5.41) is 10.6. The van der Waals surface area contributed by atoms with Crippen LogP contribution in [0.1, 0.15) is 51.6 Å². The van der Waals surface area contributed by atoms with Crippen molar-refractivity contribution in [1.82, 2.24) is 30.0 Å². The van der Waals surface area contributed by atoms with Crippen LogP contribution < -0.4 is 10.2 Å². The Morgan fingerprint density at radius 1 is 1.09 bits per heavy atom. The number of ether oxygens (including phenoxy) is 1. The lowest BCUT2D eigenvalue weighted by Gasteiger charge is -2.33. The molecule has 192 valence electrons. The Balaban J connectivity index is 1.47. The molecule has 0 spiro atoms. The smallest absolute Gasteiger partial charge is 0.410 e. The van der Waals surface area contributed by atoms with Crippen molar-refractivity contribution in [3.63, 3.8) is 0 Å². The molecule has 2 aromatic heterocycles. The second-order valence-electron chi connectivity index (χ2n) is 10.8. The molecule has 2 fully saturated rings. The molecule has 10 heteroatoms. The van der Waals surface area contributed by atoms with E-state index in [9.17, 15) is 4.79 Å². The quantitative estimate of drug-likeness (QED) is 0.664. The zero-order valence-electron chi connectivity index (χ0n) is 21.8. The molecular weight excluding hydrogens is 444 g/mol. The number of amides is 1. The number of rotatable bonds is 5. The lowest BCUT2D eigenvalue weighted by molar-refractivity contribution is 0.0255. The fourth-order valence-electron chi connectivity index (χ4n) is 4.59. The molecule has 4 heterocycles. The number of hydrogen-bond donors (Lipinski definition) is 2. The number of likely N-dealkylation sites (N-methyl/N-ethyl adjacent to an activating group) is 1. The maximum atomic E-state index is 12.5. The van der Waals surface area contributed by atoms with E-state index in [1.54, 1.807) is 0 Å². The highest BCUT2D eigenvalue weighted by molar-refractivity contribution is 5.68. The highest BCUT2D eigenvalue weighted by atomic mass is 16.6. The number of aryl methyl sites for hydroxylation is 1. The van der Waals surface area contributed by atoms with E-state index in [1.165, 1.54) is 0 Å². The Kier molecular flexibility index (Phi) is 7.78. The molecule has 0 radical (unpaired) electrons. The molecule has 4 rings (SSSR count). The van der Waals surface area contributed by atoms with Gasteiger partial charge in [-0.1, -0.05) is 0 Å². The number of piperazine rings is 1. The maximum Gasteiger partial charge on any atom is 0.410 e. The van der Waals surface area contributed by atoms with E-state index in [0.717, 1.165) is 87.4 Å². The zero-order valence-corrected chi connectivity index (χ0v) is 21.8. The van der Waals surface area contributed by atoms with Crippen LogP contribution in [0.5, 0.6) is 0 Å². The van der Waals surface area contributed by atoms with Gasteiger partial charge in [-0.05, 0) is 59.9 Å². The number of anilines is 3. The summed E-state index contributed by atoms with van der Waals surface area (Å²) in [5.74, 6) is 3.73. The minimum absolute atomic E-state index is 0.216. The predicted molar refractivity (Wildman–Crippen MR) is 137 cm³/mol. The van der Waals surface area contributed by atoms with Gasteiger partial charge in [0.1, 0.15) is 23.1 Å². The normalized spacial score (nSPS) is 20.0. The third kappa shape index (κ3) is 7.30. The molecule has 10 nitrogen and oxygen atoms in total. The summed E-state index contributed by atoms with van der Waals surface area (Å²) < 4.78 is 5.59. The van der Waals surface area contributed by atoms with Gasteiger partial charge in [-0.3, -0.25) is 5.10 Å². The van der Waals surface area contributed by atoms with Crippen molar-refractivity contribution in [1.29, 1.82) is 0 Å².